The summed E-state index contributed by atoms with van der Waals surface area (Å²) in [6.07, 6.45) is 7.30. The second-order valence-corrected chi connectivity index (χ2v) is 5.54. The Hall–Kier alpha value is -1.09. The number of nitrogens with zero attached hydrogens (tertiary/aromatic N) is 1. The lowest BCUT2D eigenvalue weighted by molar-refractivity contribution is 0.298. The van der Waals surface area contributed by atoms with Crippen LogP contribution in [0.3, 0.4) is 0 Å². The van der Waals surface area contributed by atoms with Gasteiger partial charge in [-0.15, -0.1) is 0 Å². The van der Waals surface area contributed by atoms with Gasteiger partial charge in [-0.2, -0.15) is 0 Å². The van der Waals surface area contributed by atoms with Crippen LogP contribution in [0.1, 0.15) is 44.3 Å². The Morgan fingerprint density at radius 2 is 2.12 bits per heavy atom. The maximum Gasteiger partial charge on any atom is 0.0805 e. The summed E-state index contributed by atoms with van der Waals surface area (Å²) in [4.78, 5) is 4.42. The molecule has 3 atom stereocenters. The fourth-order valence-corrected chi connectivity index (χ4v) is 3.45. The van der Waals surface area contributed by atoms with Crippen molar-refractivity contribution in [3.05, 3.63) is 24.0 Å². The first-order valence-corrected chi connectivity index (χ1v) is 6.74. The number of fused-ring (bicyclic) bond motifs is 1. The lowest BCUT2D eigenvalue weighted by Crippen LogP contribution is -2.44. The van der Waals surface area contributed by atoms with Crippen LogP contribution in [0.5, 0.6) is 0 Å². The molecule has 0 aromatic carbocycles. The molecule has 0 spiro atoms. The van der Waals surface area contributed by atoms with E-state index in [0.717, 1.165) is 17.3 Å². The topological polar surface area (TPSA) is 50.9 Å². The van der Waals surface area contributed by atoms with Crippen LogP contribution in [0.2, 0.25) is 0 Å². The Morgan fingerprint density at radius 3 is 2.88 bits per heavy atom. The van der Waals surface area contributed by atoms with Crippen molar-refractivity contribution in [2.24, 2.45) is 17.6 Å². The predicted octanol–water partition coefficient (Wildman–Crippen LogP) is 2.70. The van der Waals surface area contributed by atoms with Gasteiger partial charge in [0.1, 0.15) is 0 Å². The predicted molar refractivity (Wildman–Crippen MR) is 69.7 cm³/mol. The van der Waals surface area contributed by atoms with Crippen LogP contribution in [-0.2, 0) is 0 Å². The van der Waals surface area contributed by atoms with Crippen LogP contribution in [0.15, 0.2) is 18.3 Å². The van der Waals surface area contributed by atoms with Gasteiger partial charge in [-0.25, -0.2) is 0 Å². The van der Waals surface area contributed by atoms with E-state index in [1.807, 2.05) is 12.3 Å². The van der Waals surface area contributed by atoms with E-state index in [4.69, 9.17) is 5.73 Å². The van der Waals surface area contributed by atoms with E-state index < -0.39 is 0 Å². The molecule has 1 aliphatic carbocycles. The molecule has 1 unspecified atom stereocenters. The van der Waals surface area contributed by atoms with E-state index >= 15 is 0 Å². The highest BCUT2D eigenvalue weighted by Crippen LogP contribution is 2.40. The maximum absolute atomic E-state index is 6.35. The van der Waals surface area contributed by atoms with Gasteiger partial charge in [0.05, 0.1) is 17.4 Å². The van der Waals surface area contributed by atoms with Crippen LogP contribution in [0, 0.1) is 11.8 Å². The summed E-state index contributed by atoms with van der Waals surface area (Å²) < 4.78 is 0. The molecule has 3 rings (SSSR count). The number of hydrogen-bond donors (Lipinski definition) is 2. The van der Waals surface area contributed by atoms with Crippen molar-refractivity contribution in [2.45, 2.75) is 44.7 Å². The molecular formula is C14H21N3. The third-order valence-electron chi connectivity index (χ3n) is 4.52. The molecule has 2 heterocycles. The molecule has 1 aliphatic heterocycles. The summed E-state index contributed by atoms with van der Waals surface area (Å²) in [6.45, 7) is 2.26. The first-order valence-electron chi connectivity index (χ1n) is 6.74. The van der Waals surface area contributed by atoms with Gasteiger partial charge in [-0.05, 0) is 36.8 Å². The van der Waals surface area contributed by atoms with Gasteiger partial charge >= 0.3 is 0 Å². The van der Waals surface area contributed by atoms with Crippen molar-refractivity contribution < 1.29 is 0 Å². The molecule has 1 aromatic rings. The molecule has 3 heteroatoms. The average molecular weight is 231 g/mol. The summed E-state index contributed by atoms with van der Waals surface area (Å²) in [6, 6.07) is 4.71. The smallest absolute Gasteiger partial charge is 0.0805 e. The second kappa shape index (κ2) is 4.30. The number of nitrogens with one attached hydrogen (secondary N) is 1. The van der Waals surface area contributed by atoms with Crippen LogP contribution in [0.4, 0.5) is 5.69 Å². The minimum absolute atomic E-state index is 0.0815. The number of hydrogen-bond acceptors (Lipinski definition) is 3. The molecule has 0 amide bonds. The SMILES string of the molecule is CC1[C@H](C2CCCC2)Nc2cccnc2[C@@H]1N. The van der Waals surface area contributed by atoms with Crippen LogP contribution in [-0.4, -0.2) is 11.0 Å². The number of anilines is 1. The molecule has 1 aromatic heterocycles. The molecule has 0 radical (unpaired) electrons. The van der Waals surface area contributed by atoms with Crippen molar-refractivity contribution >= 4 is 5.69 Å². The molecule has 1 saturated carbocycles. The van der Waals surface area contributed by atoms with Crippen molar-refractivity contribution in [1.82, 2.24) is 4.98 Å². The molecule has 17 heavy (non-hydrogen) atoms. The first-order chi connectivity index (χ1) is 8.27. The maximum atomic E-state index is 6.35. The summed E-state index contributed by atoms with van der Waals surface area (Å²) in [5.74, 6) is 1.27. The highest BCUT2D eigenvalue weighted by atomic mass is 15.0. The minimum atomic E-state index is 0.0815. The molecule has 0 saturated heterocycles. The standard InChI is InChI=1S/C14H21N3/c1-9-12(15)14-11(7-4-8-16-14)17-13(9)10-5-2-3-6-10/h4,7-10,12-13,17H,2-3,5-6,15H2,1H3/t9?,12-,13-/m1/s1. The largest absolute Gasteiger partial charge is 0.380 e. The lowest BCUT2D eigenvalue weighted by atomic mass is 9.79. The lowest BCUT2D eigenvalue weighted by Gasteiger charge is -2.39. The third kappa shape index (κ3) is 1.82. The Bertz CT molecular complexity index is 398. The Balaban J connectivity index is 1.90. The van der Waals surface area contributed by atoms with Crippen molar-refractivity contribution in [2.75, 3.05) is 5.32 Å². The molecule has 0 bridgehead atoms. The van der Waals surface area contributed by atoms with Crippen LogP contribution >= 0.6 is 0 Å². The van der Waals surface area contributed by atoms with Gasteiger partial charge in [-0.1, -0.05) is 19.8 Å². The van der Waals surface area contributed by atoms with Gasteiger partial charge < -0.3 is 11.1 Å². The summed E-state index contributed by atoms with van der Waals surface area (Å²) in [5, 5.41) is 3.68. The van der Waals surface area contributed by atoms with E-state index in [1.54, 1.807) is 0 Å². The monoisotopic (exact) mass is 231 g/mol. The first kappa shape index (κ1) is 11.0. The highest BCUT2D eigenvalue weighted by Gasteiger charge is 2.37. The molecule has 3 nitrogen and oxygen atoms in total. The van der Waals surface area contributed by atoms with Crippen molar-refractivity contribution in [3.8, 4) is 0 Å². The highest BCUT2D eigenvalue weighted by molar-refractivity contribution is 5.52. The average Bonchev–Trinajstić information content (AvgIpc) is 2.87. The molecule has 1 fully saturated rings. The summed E-state index contributed by atoms with van der Waals surface area (Å²) in [5.41, 5.74) is 8.53. The van der Waals surface area contributed by atoms with E-state index in [2.05, 4.69) is 23.3 Å². The minimum Gasteiger partial charge on any atom is -0.380 e. The fraction of sp³-hybridized carbons (Fsp3) is 0.643. The number of pyridine rings is 1. The van der Waals surface area contributed by atoms with E-state index in [0.29, 0.717) is 12.0 Å². The molecule has 92 valence electrons. The zero-order chi connectivity index (χ0) is 11.8. The van der Waals surface area contributed by atoms with E-state index in [9.17, 15) is 0 Å². The molecule has 2 aliphatic rings. The van der Waals surface area contributed by atoms with Gasteiger partial charge in [0.15, 0.2) is 0 Å². The van der Waals surface area contributed by atoms with Crippen LogP contribution < -0.4 is 11.1 Å². The van der Waals surface area contributed by atoms with Gasteiger partial charge in [0.25, 0.3) is 0 Å². The van der Waals surface area contributed by atoms with Crippen molar-refractivity contribution in [1.29, 1.82) is 0 Å². The number of nitrogens with two attached hydrogens (primary N) is 1. The second-order valence-electron chi connectivity index (χ2n) is 5.54. The van der Waals surface area contributed by atoms with E-state index in [-0.39, 0.29) is 6.04 Å². The fourth-order valence-electron chi connectivity index (χ4n) is 3.45. The number of aromatic nitrogens is 1. The Labute approximate surface area is 103 Å². The summed E-state index contributed by atoms with van der Waals surface area (Å²) in [7, 11) is 0. The number of rotatable bonds is 1. The van der Waals surface area contributed by atoms with Crippen LogP contribution in [0.25, 0.3) is 0 Å². The Morgan fingerprint density at radius 1 is 1.35 bits per heavy atom. The van der Waals surface area contributed by atoms with Gasteiger partial charge in [-0.3, -0.25) is 4.98 Å². The zero-order valence-corrected chi connectivity index (χ0v) is 10.4. The van der Waals surface area contributed by atoms with Gasteiger partial charge in [0, 0.05) is 12.2 Å². The van der Waals surface area contributed by atoms with Gasteiger partial charge in [0.2, 0.25) is 0 Å². The van der Waals surface area contributed by atoms with E-state index in [1.165, 1.54) is 25.7 Å². The molecular weight excluding hydrogens is 210 g/mol. The molecule has 3 N–H and O–H groups in total. The normalized spacial score (nSPS) is 33.2. The quantitative estimate of drug-likeness (QED) is 0.781. The Kier molecular flexibility index (Phi) is 2.79. The summed E-state index contributed by atoms with van der Waals surface area (Å²) >= 11 is 0. The zero-order valence-electron chi connectivity index (χ0n) is 10.4. The van der Waals surface area contributed by atoms with Crippen molar-refractivity contribution in [3.63, 3.8) is 0 Å². The third-order valence-corrected chi connectivity index (χ3v) is 4.52.